The maximum atomic E-state index is 11.5. The number of hydrogen-bond donors (Lipinski definition) is 0. The second-order valence-corrected chi connectivity index (χ2v) is 4.06. The van der Waals surface area contributed by atoms with Crippen LogP contribution in [-0.4, -0.2) is 24.8 Å². The van der Waals surface area contributed by atoms with E-state index in [1.807, 2.05) is 6.92 Å². The summed E-state index contributed by atoms with van der Waals surface area (Å²) in [5.41, 5.74) is 0. The van der Waals surface area contributed by atoms with Crippen LogP contribution in [0.5, 0.6) is 0 Å². The summed E-state index contributed by atoms with van der Waals surface area (Å²) in [6.45, 7) is 4.70. The van der Waals surface area contributed by atoms with E-state index < -0.39 is 0 Å². The van der Waals surface area contributed by atoms with Crippen molar-refractivity contribution in [2.75, 3.05) is 6.61 Å². The van der Waals surface area contributed by atoms with Gasteiger partial charge in [0.15, 0.2) is 12.1 Å². The van der Waals surface area contributed by atoms with Crippen molar-refractivity contribution < 1.29 is 14.3 Å². The van der Waals surface area contributed by atoms with Gasteiger partial charge in [0.25, 0.3) is 0 Å². The number of rotatable bonds is 7. The Morgan fingerprint density at radius 2 is 2.12 bits per heavy atom. The molecule has 16 heavy (non-hydrogen) atoms. The lowest BCUT2D eigenvalue weighted by Gasteiger charge is -2.24. The summed E-state index contributed by atoms with van der Waals surface area (Å²) in [5.74, 6) is 0.0763. The highest BCUT2D eigenvalue weighted by atomic mass is 16.7. The summed E-state index contributed by atoms with van der Waals surface area (Å²) in [4.78, 5) is 11.5. The van der Waals surface area contributed by atoms with Crippen LogP contribution < -0.4 is 0 Å². The van der Waals surface area contributed by atoms with Gasteiger partial charge in [-0.05, 0) is 25.5 Å². The molecule has 0 amide bonds. The first kappa shape index (κ1) is 13.4. The maximum absolute atomic E-state index is 11.5. The standard InChI is InChI=1S/C13H22O3/c1-3-5-6-7-8-12-11(14)9-10-13(16-12)15-4-2/h9-10,12-13H,3-8H2,1-2H3. The minimum absolute atomic E-state index is 0.0763. The average molecular weight is 226 g/mol. The predicted molar refractivity (Wildman–Crippen MR) is 63.2 cm³/mol. The van der Waals surface area contributed by atoms with Crippen LogP contribution in [0.4, 0.5) is 0 Å². The Hall–Kier alpha value is -0.670. The first-order valence-corrected chi connectivity index (χ1v) is 6.27. The SMILES string of the molecule is CCCCCCC1OC(OCC)C=CC1=O. The normalized spacial score (nSPS) is 25.0. The van der Waals surface area contributed by atoms with Gasteiger partial charge in [-0.1, -0.05) is 32.6 Å². The van der Waals surface area contributed by atoms with Crippen molar-refractivity contribution in [3.05, 3.63) is 12.2 Å². The summed E-state index contributed by atoms with van der Waals surface area (Å²) < 4.78 is 10.9. The molecule has 3 heteroatoms. The molecule has 2 unspecified atom stereocenters. The number of carbonyl (C=O) groups is 1. The zero-order valence-electron chi connectivity index (χ0n) is 10.3. The van der Waals surface area contributed by atoms with E-state index in [2.05, 4.69) is 6.92 Å². The van der Waals surface area contributed by atoms with Crippen molar-refractivity contribution in [2.24, 2.45) is 0 Å². The Morgan fingerprint density at radius 3 is 2.81 bits per heavy atom. The quantitative estimate of drug-likeness (QED) is 0.626. The van der Waals surface area contributed by atoms with Crippen LogP contribution in [-0.2, 0) is 14.3 Å². The average Bonchev–Trinajstić information content (AvgIpc) is 2.29. The molecule has 1 heterocycles. The molecule has 2 atom stereocenters. The zero-order chi connectivity index (χ0) is 11.8. The van der Waals surface area contributed by atoms with Gasteiger partial charge < -0.3 is 9.47 Å². The molecule has 0 aromatic carbocycles. The molecule has 0 aromatic rings. The van der Waals surface area contributed by atoms with E-state index >= 15 is 0 Å². The van der Waals surface area contributed by atoms with Gasteiger partial charge >= 0.3 is 0 Å². The third kappa shape index (κ3) is 4.45. The Labute approximate surface area is 97.8 Å². The number of carbonyl (C=O) groups excluding carboxylic acids is 1. The highest BCUT2D eigenvalue weighted by Gasteiger charge is 2.24. The molecule has 1 rings (SSSR count). The number of hydrogen-bond acceptors (Lipinski definition) is 3. The fourth-order valence-corrected chi connectivity index (χ4v) is 1.78. The molecule has 0 fully saturated rings. The monoisotopic (exact) mass is 226 g/mol. The van der Waals surface area contributed by atoms with Crippen LogP contribution in [0.2, 0.25) is 0 Å². The lowest BCUT2D eigenvalue weighted by atomic mass is 10.0. The van der Waals surface area contributed by atoms with Crippen molar-refractivity contribution in [3.63, 3.8) is 0 Å². The Bertz CT molecular complexity index is 235. The van der Waals surface area contributed by atoms with Crippen LogP contribution in [0.1, 0.15) is 46.0 Å². The van der Waals surface area contributed by atoms with Gasteiger partial charge in [-0.15, -0.1) is 0 Å². The molecule has 0 N–H and O–H groups in total. The van der Waals surface area contributed by atoms with E-state index in [9.17, 15) is 4.79 Å². The Morgan fingerprint density at radius 1 is 1.31 bits per heavy atom. The molecule has 92 valence electrons. The second-order valence-electron chi connectivity index (χ2n) is 4.06. The van der Waals surface area contributed by atoms with E-state index in [1.54, 1.807) is 12.2 Å². The van der Waals surface area contributed by atoms with Crippen LogP contribution >= 0.6 is 0 Å². The van der Waals surface area contributed by atoms with Crippen LogP contribution in [0, 0.1) is 0 Å². The van der Waals surface area contributed by atoms with Crippen molar-refractivity contribution >= 4 is 5.78 Å². The van der Waals surface area contributed by atoms with Gasteiger partial charge in [-0.25, -0.2) is 0 Å². The summed E-state index contributed by atoms with van der Waals surface area (Å²) in [7, 11) is 0. The fraction of sp³-hybridized carbons (Fsp3) is 0.769. The molecule has 0 saturated carbocycles. The van der Waals surface area contributed by atoms with E-state index in [0.717, 1.165) is 12.8 Å². The summed E-state index contributed by atoms with van der Waals surface area (Å²) in [5, 5.41) is 0. The van der Waals surface area contributed by atoms with Gasteiger partial charge in [0.2, 0.25) is 0 Å². The third-order valence-corrected chi connectivity index (χ3v) is 2.68. The summed E-state index contributed by atoms with van der Waals surface area (Å²) in [6.07, 6.45) is 8.13. The largest absolute Gasteiger partial charge is 0.349 e. The van der Waals surface area contributed by atoms with Crippen LogP contribution in [0.15, 0.2) is 12.2 Å². The molecule has 1 aliphatic heterocycles. The van der Waals surface area contributed by atoms with Crippen molar-refractivity contribution in [1.82, 2.24) is 0 Å². The van der Waals surface area contributed by atoms with Crippen LogP contribution in [0.3, 0.4) is 0 Å². The smallest absolute Gasteiger partial charge is 0.184 e. The van der Waals surface area contributed by atoms with E-state index in [4.69, 9.17) is 9.47 Å². The van der Waals surface area contributed by atoms with Crippen molar-refractivity contribution in [3.8, 4) is 0 Å². The van der Waals surface area contributed by atoms with E-state index in [-0.39, 0.29) is 18.2 Å². The number of ketones is 1. The lowest BCUT2D eigenvalue weighted by molar-refractivity contribution is -0.162. The first-order chi connectivity index (χ1) is 7.77. The molecule has 0 saturated heterocycles. The molecule has 0 radical (unpaired) electrons. The molecular formula is C13H22O3. The van der Waals surface area contributed by atoms with Crippen molar-refractivity contribution in [2.45, 2.75) is 58.3 Å². The zero-order valence-corrected chi connectivity index (χ0v) is 10.3. The van der Waals surface area contributed by atoms with E-state index in [1.165, 1.54) is 19.3 Å². The third-order valence-electron chi connectivity index (χ3n) is 2.68. The highest BCUT2D eigenvalue weighted by Crippen LogP contribution is 2.16. The molecule has 1 aliphatic rings. The minimum atomic E-state index is -0.334. The molecule has 0 bridgehead atoms. The lowest BCUT2D eigenvalue weighted by Crippen LogP contribution is -2.33. The van der Waals surface area contributed by atoms with Gasteiger partial charge in [0, 0.05) is 6.61 Å². The van der Waals surface area contributed by atoms with Gasteiger partial charge in [-0.3, -0.25) is 4.79 Å². The van der Waals surface area contributed by atoms with Crippen molar-refractivity contribution in [1.29, 1.82) is 0 Å². The minimum Gasteiger partial charge on any atom is -0.349 e. The molecule has 0 spiro atoms. The first-order valence-electron chi connectivity index (χ1n) is 6.27. The van der Waals surface area contributed by atoms with E-state index in [0.29, 0.717) is 6.61 Å². The van der Waals surface area contributed by atoms with Crippen LogP contribution in [0.25, 0.3) is 0 Å². The second kappa shape index (κ2) is 7.58. The Kier molecular flexibility index (Phi) is 6.34. The molecule has 0 aliphatic carbocycles. The summed E-state index contributed by atoms with van der Waals surface area (Å²) >= 11 is 0. The number of ether oxygens (including phenoxy) is 2. The van der Waals surface area contributed by atoms with Gasteiger partial charge in [0.1, 0.15) is 6.10 Å². The molecule has 3 nitrogen and oxygen atoms in total. The Balaban J connectivity index is 2.29. The predicted octanol–water partition coefficient (Wildman–Crippen LogP) is 2.84. The maximum Gasteiger partial charge on any atom is 0.184 e. The topological polar surface area (TPSA) is 35.5 Å². The molecular weight excluding hydrogens is 204 g/mol. The number of unbranched alkanes of at least 4 members (excludes halogenated alkanes) is 3. The fourth-order valence-electron chi connectivity index (χ4n) is 1.78. The molecule has 0 aromatic heterocycles. The summed E-state index contributed by atoms with van der Waals surface area (Å²) in [6, 6.07) is 0. The van der Waals surface area contributed by atoms with Gasteiger partial charge in [0.05, 0.1) is 0 Å². The van der Waals surface area contributed by atoms with Gasteiger partial charge in [-0.2, -0.15) is 0 Å². The highest BCUT2D eigenvalue weighted by molar-refractivity contribution is 5.94.